The third-order valence-electron chi connectivity index (χ3n) is 8.67. The van der Waals surface area contributed by atoms with Crippen molar-refractivity contribution in [1.82, 2.24) is 37.2 Å². The average Bonchev–Trinajstić information content (AvgIpc) is 3.11. The van der Waals surface area contributed by atoms with Crippen LogP contribution in [0, 0.1) is 5.92 Å². The van der Waals surface area contributed by atoms with Crippen LogP contribution in [0.2, 0.25) is 0 Å². The van der Waals surface area contributed by atoms with Gasteiger partial charge in [0.25, 0.3) is 0 Å². The van der Waals surface area contributed by atoms with E-state index in [-0.39, 0.29) is 70.6 Å². The van der Waals surface area contributed by atoms with Gasteiger partial charge in [-0.2, -0.15) is 0 Å². The average molecular weight is 762 g/mol. The molecule has 0 aromatic heterocycles. The summed E-state index contributed by atoms with van der Waals surface area (Å²) in [6.45, 7) is 4.70. The molecule has 0 aliphatic carbocycles. The van der Waals surface area contributed by atoms with E-state index >= 15 is 0 Å². The number of hydrogen-bond acceptors (Lipinski definition) is 12. The fraction of sp³-hybridized carbons (Fsp3) is 0.629. The maximum atomic E-state index is 13.9. The first-order valence-corrected chi connectivity index (χ1v) is 18.3. The van der Waals surface area contributed by atoms with Gasteiger partial charge in [0, 0.05) is 13.0 Å². The van der Waals surface area contributed by atoms with Crippen LogP contribution in [0.4, 0.5) is 0 Å². The largest absolute Gasteiger partial charge is 0.391 e. The number of benzene rings is 1. The molecular formula is C35H59N11O8. The van der Waals surface area contributed by atoms with Crippen LogP contribution in [0.25, 0.3) is 0 Å². The quantitative estimate of drug-likeness (QED) is 0.102. The Hall–Kier alpha value is -4.69. The second-order valence-corrected chi connectivity index (χ2v) is 13.8. The minimum Gasteiger partial charge on any atom is -0.391 e. The van der Waals surface area contributed by atoms with Crippen LogP contribution in [0.15, 0.2) is 30.3 Å². The Labute approximate surface area is 315 Å². The first kappa shape index (κ1) is 45.5. The molecule has 1 aliphatic rings. The van der Waals surface area contributed by atoms with Crippen LogP contribution < -0.4 is 60.2 Å². The van der Waals surface area contributed by atoms with Gasteiger partial charge in [-0.25, -0.2) is 0 Å². The zero-order valence-corrected chi connectivity index (χ0v) is 31.3. The molecule has 8 atom stereocenters. The summed E-state index contributed by atoms with van der Waals surface area (Å²) in [4.78, 5) is 94.4. The van der Waals surface area contributed by atoms with E-state index in [1.165, 1.54) is 6.92 Å². The zero-order valence-electron chi connectivity index (χ0n) is 31.3. The van der Waals surface area contributed by atoms with Gasteiger partial charge in [0.1, 0.15) is 36.3 Å². The van der Waals surface area contributed by atoms with Crippen molar-refractivity contribution in [2.45, 2.75) is 108 Å². The van der Waals surface area contributed by atoms with E-state index in [0.717, 1.165) is 0 Å². The van der Waals surface area contributed by atoms with E-state index in [2.05, 4.69) is 37.2 Å². The van der Waals surface area contributed by atoms with E-state index in [1.54, 1.807) is 30.3 Å². The molecule has 19 nitrogen and oxygen atoms in total. The summed E-state index contributed by atoms with van der Waals surface area (Å²) in [7, 11) is 0. The lowest BCUT2D eigenvalue weighted by atomic mass is 10.00. The van der Waals surface area contributed by atoms with Gasteiger partial charge in [-0.1, -0.05) is 44.2 Å². The number of amides is 7. The number of nitrogens with two attached hydrogens (primary N) is 4. The lowest BCUT2D eigenvalue weighted by Crippen LogP contribution is -2.61. The molecule has 54 heavy (non-hydrogen) atoms. The van der Waals surface area contributed by atoms with E-state index in [0.29, 0.717) is 5.56 Å². The van der Waals surface area contributed by atoms with Crippen molar-refractivity contribution < 1.29 is 38.7 Å². The Morgan fingerprint density at radius 3 is 1.52 bits per heavy atom. The molecule has 7 amide bonds. The van der Waals surface area contributed by atoms with Gasteiger partial charge in [0.05, 0.1) is 12.1 Å². The van der Waals surface area contributed by atoms with Crippen molar-refractivity contribution in [2.24, 2.45) is 28.9 Å². The number of rotatable bonds is 11. The smallest absolute Gasteiger partial charge is 0.245 e. The third-order valence-corrected chi connectivity index (χ3v) is 8.67. The maximum absolute atomic E-state index is 13.9. The molecule has 1 aromatic carbocycles. The molecule has 16 N–H and O–H groups in total. The number of carbonyl (C=O) groups is 7. The summed E-state index contributed by atoms with van der Waals surface area (Å²) in [5.74, 6) is -5.41. The fourth-order valence-corrected chi connectivity index (χ4v) is 5.69. The third kappa shape index (κ3) is 15.0. The van der Waals surface area contributed by atoms with Gasteiger partial charge in [0.2, 0.25) is 41.4 Å². The van der Waals surface area contributed by atoms with Crippen LogP contribution in [0.3, 0.4) is 0 Å². The highest BCUT2D eigenvalue weighted by atomic mass is 16.3. The number of nitrogens with one attached hydrogen (secondary N) is 7. The molecule has 1 saturated heterocycles. The van der Waals surface area contributed by atoms with Gasteiger partial charge < -0.3 is 65.3 Å². The van der Waals surface area contributed by atoms with Crippen molar-refractivity contribution in [1.29, 1.82) is 0 Å². The Bertz CT molecular complexity index is 1410. The standard InChI is InChI=1S/C35H59N11O8/c1-19(2)17-26-33(52)43-24(10-14-37)30(49)42-25(11-15-38)32(51)46-28(20(3)47)35(54)40-16-12-22(39)29(48)41-23(9-13-36)31(50)45-27(34(53)44-26)18-21-7-5-4-6-8-21/h4-8,19-20,22-28,47H,9-18,36-39H2,1-3H3,(H,40,54)(H,41,48)(H,42,49)(H,43,52)(H,44,53)(H,45,50)(H,46,51)/t20-,22+,23+,24?,25+,26?,27?,28+/m1/s1. The number of carbonyl (C=O) groups excluding carboxylic acids is 7. The predicted octanol–water partition coefficient (Wildman–Crippen LogP) is -4.54. The van der Waals surface area contributed by atoms with Crippen molar-refractivity contribution in [2.75, 3.05) is 26.2 Å². The van der Waals surface area contributed by atoms with Crippen LogP contribution in [0.5, 0.6) is 0 Å². The Morgan fingerprint density at radius 1 is 0.611 bits per heavy atom. The molecule has 0 radical (unpaired) electrons. The first-order valence-electron chi connectivity index (χ1n) is 18.3. The Morgan fingerprint density at radius 2 is 1.04 bits per heavy atom. The van der Waals surface area contributed by atoms with Gasteiger partial charge in [-0.05, 0) is 70.1 Å². The van der Waals surface area contributed by atoms with Crippen molar-refractivity contribution in [3.8, 4) is 0 Å². The monoisotopic (exact) mass is 761 g/mol. The summed E-state index contributed by atoms with van der Waals surface area (Å²) < 4.78 is 0. The van der Waals surface area contributed by atoms with Gasteiger partial charge in [-0.3, -0.25) is 33.6 Å². The minimum atomic E-state index is -1.47. The van der Waals surface area contributed by atoms with Crippen LogP contribution >= 0.6 is 0 Å². The Kier molecular flexibility index (Phi) is 19.5. The van der Waals surface area contributed by atoms with E-state index < -0.39 is 89.7 Å². The SMILES string of the molecule is CC(C)CC1NC(=O)C(Cc2ccccc2)NC(=O)[C@H](CCN)NC(=O)[C@@H](N)CCNC(=O)[C@H]([C@@H](C)O)NC(=O)[C@H](CCN)NC(=O)C(CCN)NC1=O. The van der Waals surface area contributed by atoms with Crippen LogP contribution in [-0.4, -0.2) is 121 Å². The molecule has 1 fully saturated rings. The lowest BCUT2D eigenvalue weighted by molar-refractivity contribution is -0.136. The molecular weight excluding hydrogens is 702 g/mol. The molecule has 2 rings (SSSR count). The normalized spacial score (nSPS) is 26.7. The van der Waals surface area contributed by atoms with Gasteiger partial charge in [-0.15, -0.1) is 0 Å². The molecule has 19 heteroatoms. The molecule has 0 spiro atoms. The predicted molar refractivity (Wildman–Crippen MR) is 199 cm³/mol. The second kappa shape index (κ2) is 23.2. The highest BCUT2D eigenvalue weighted by Gasteiger charge is 2.34. The summed E-state index contributed by atoms with van der Waals surface area (Å²) in [6.07, 6.45) is -1.43. The fourth-order valence-electron chi connectivity index (χ4n) is 5.69. The van der Waals surface area contributed by atoms with Crippen molar-refractivity contribution in [3.05, 3.63) is 35.9 Å². The Balaban J connectivity index is 2.57. The topological polar surface area (TPSA) is 328 Å². The van der Waals surface area contributed by atoms with Crippen molar-refractivity contribution in [3.63, 3.8) is 0 Å². The molecule has 1 heterocycles. The molecule has 1 aliphatic heterocycles. The lowest BCUT2D eigenvalue weighted by Gasteiger charge is -2.28. The molecule has 0 bridgehead atoms. The summed E-state index contributed by atoms with van der Waals surface area (Å²) in [5.41, 5.74) is 24.1. The molecule has 3 unspecified atom stereocenters. The highest BCUT2D eigenvalue weighted by molar-refractivity contribution is 5.97. The molecule has 1 aromatic rings. The summed E-state index contributed by atoms with van der Waals surface area (Å²) in [6, 6.07) is 0.0502. The van der Waals surface area contributed by atoms with Crippen molar-refractivity contribution >= 4 is 41.4 Å². The highest BCUT2D eigenvalue weighted by Crippen LogP contribution is 2.10. The summed E-state index contributed by atoms with van der Waals surface area (Å²) in [5, 5.41) is 28.5. The number of aliphatic hydroxyl groups is 1. The van der Waals surface area contributed by atoms with E-state index in [1.807, 2.05) is 13.8 Å². The van der Waals surface area contributed by atoms with Gasteiger partial charge >= 0.3 is 0 Å². The molecule has 302 valence electrons. The van der Waals surface area contributed by atoms with E-state index in [4.69, 9.17) is 22.9 Å². The van der Waals surface area contributed by atoms with Crippen LogP contribution in [-0.2, 0) is 40.0 Å². The van der Waals surface area contributed by atoms with Gasteiger partial charge in [0.15, 0.2) is 0 Å². The minimum absolute atomic E-state index is 0.00796. The second-order valence-electron chi connectivity index (χ2n) is 13.8. The summed E-state index contributed by atoms with van der Waals surface area (Å²) >= 11 is 0. The number of hydrogen-bond donors (Lipinski definition) is 12. The maximum Gasteiger partial charge on any atom is 0.245 e. The van der Waals surface area contributed by atoms with E-state index in [9.17, 15) is 38.7 Å². The first-order chi connectivity index (χ1) is 25.6. The molecule has 0 saturated carbocycles. The van der Waals surface area contributed by atoms with Crippen LogP contribution in [0.1, 0.15) is 58.4 Å². The zero-order chi connectivity index (χ0) is 40.4. The number of aliphatic hydroxyl groups excluding tert-OH is 1.